The van der Waals surface area contributed by atoms with Gasteiger partial charge in [0.05, 0.1) is 0 Å². The van der Waals surface area contributed by atoms with E-state index < -0.39 is 12.0 Å². The van der Waals surface area contributed by atoms with Gasteiger partial charge in [-0.15, -0.1) is 10.2 Å². The van der Waals surface area contributed by atoms with E-state index in [-0.39, 0.29) is 17.5 Å². The summed E-state index contributed by atoms with van der Waals surface area (Å²) in [5.41, 5.74) is 0.248. The van der Waals surface area contributed by atoms with E-state index in [0.717, 1.165) is 6.42 Å². The second-order valence-corrected chi connectivity index (χ2v) is 5.22. The summed E-state index contributed by atoms with van der Waals surface area (Å²) in [7, 11) is 3.28. The van der Waals surface area contributed by atoms with Crippen molar-refractivity contribution in [2.75, 3.05) is 25.5 Å². The monoisotopic (exact) mass is 278 g/mol. The fraction of sp³-hybridized carbons (Fsp3) is 0.538. The highest BCUT2D eigenvalue weighted by Gasteiger charge is 2.37. The Morgan fingerprint density at radius 1 is 1.35 bits per heavy atom. The maximum Gasteiger partial charge on any atom is 0.326 e. The minimum atomic E-state index is -0.856. The highest BCUT2D eigenvalue weighted by atomic mass is 16.4. The first-order chi connectivity index (χ1) is 9.41. The Kier molecular flexibility index (Phi) is 3.87. The van der Waals surface area contributed by atoms with Gasteiger partial charge < -0.3 is 14.9 Å². The van der Waals surface area contributed by atoms with Crippen LogP contribution in [0.2, 0.25) is 0 Å². The van der Waals surface area contributed by atoms with E-state index in [1.807, 2.05) is 6.92 Å². The van der Waals surface area contributed by atoms with E-state index in [9.17, 15) is 14.7 Å². The highest BCUT2D eigenvalue weighted by molar-refractivity contribution is 5.91. The van der Waals surface area contributed by atoms with Crippen molar-refractivity contribution in [1.29, 1.82) is 0 Å². The zero-order valence-corrected chi connectivity index (χ0v) is 11.8. The molecule has 1 aromatic heterocycles. The lowest BCUT2D eigenvalue weighted by atomic mass is 10.0. The number of nitrogens with zero attached hydrogens (tertiary/aromatic N) is 4. The van der Waals surface area contributed by atoms with Crippen molar-refractivity contribution in [1.82, 2.24) is 15.1 Å². The number of carbonyl (C=O) groups excluding carboxylic acids is 1. The number of carboxylic acid groups (broad SMARTS) is 1. The summed E-state index contributed by atoms with van der Waals surface area (Å²) in [6.07, 6.45) is 0.803. The van der Waals surface area contributed by atoms with Gasteiger partial charge in [-0.05, 0) is 24.5 Å². The van der Waals surface area contributed by atoms with Crippen LogP contribution in [0.25, 0.3) is 0 Å². The van der Waals surface area contributed by atoms with Crippen LogP contribution in [0.1, 0.15) is 23.8 Å². The first-order valence-electron chi connectivity index (χ1n) is 6.46. The Morgan fingerprint density at radius 2 is 2.05 bits per heavy atom. The van der Waals surface area contributed by atoms with Crippen molar-refractivity contribution in [3.63, 3.8) is 0 Å². The molecule has 7 nitrogen and oxygen atoms in total. The second-order valence-electron chi connectivity index (χ2n) is 5.22. The van der Waals surface area contributed by atoms with Crippen LogP contribution in [-0.2, 0) is 4.79 Å². The fourth-order valence-electron chi connectivity index (χ4n) is 2.40. The van der Waals surface area contributed by atoms with Crippen LogP contribution in [0.4, 0.5) is 5.82 Å². The molecule has 1 fully saturated rings. The summed E-state index contributed by atoms with van der Waals surface area (Å²) in [6.45, 7) is 2.55. The quantitative estimate of drug-likeness (QED) is 0.865. The molecule has 0 radical (unpaired) electrons. The molecule has 1 aliphatic rings. The van der Waals surface area contributed by atoms with Crippen molar-refractivity contribution in [2.24, 2.45) is 5.92 Å². The topological polar surface area (TPSA) is 86.6 Å². The van der Waals surface area contributed by atoms with Crippen LogP contribution in [0.3, 0.4) is 0 Å². The van der Waals surface area contributed by atoms with Gasteiger partial charge in [-0.25, -0.2) is 4.79 Å². The Bertz CT molecular complexity index is 515. The molecule has 0 aliphatic carbocycles. The molecule has 1 N–H and O–H groups in total. The van der Waals surface area contributed by atoms with E-state index in [1.54, 1.807) is 31.1 Å². The predicted octanol–water partition coefficient (Wildman–Crippen LogP) is 0.478. The maximum absolute atomic E-state index is 11.7. The van der Waals surface area contributed by atoms with Crippen LogP contribution in [-0.4, -0.2) is 58.8 Å². The lowest BCUT2D eigenvalue weighted by Crippen LogP contribution is -2.39. The molecule has 1 aromatic rings. The fourth-order valence-corrected chi connectivity index (χ4v) is 2.40. The zero-order valence-electron chi connectivity index (χ0n) is 11.8. The molecule has 1 aliphatic heterocycles. The Hall–Kier alpha value is -2.18. The average Bonchev–Trinajstić information content (AvgIpc) is 2.80. The van der Waals surface area contributed by atoms with Crippen LogP contribution < -0.4 is 4.90 Å². The third-order valence-electron chi connectivity index (χ3n) is 3.52. The molecule has 20 heavy (non-hydrogen) atoms. The number of aliphatic carboxylic acids is 1. The van der Waals surface area contributed by atoms with E-state index in [4.69, 9.17) is 0 Å². The maximum atomic E-state index is 11.7. The minimum absolute atomic E-state index is 0.0670. The molecule has 1 amide bonds. The van der Waals surface area contributed by atoms with Gasteiger partial charge >= 0.3 is 5.97 Å². The van der Waals surface area contributed by atoms with Crippen LogP contribution >= 0.6 is 0 Å². The average molecular weight is 278 g/mol. The number of carboxylic acids is 1. The standard InChI is InChI=1S/C13H18N4O3/c1-8-6-7-17(11(8)13(19)20)10-5-4-9(14-15-10)12(18)16(2)3/h4-5,8,11H,6-7H2,1-3H3,(H,19,20). The first kappa shape index (κ1) is 14.2. The smallest absolute Gasteiger partial charge is 0.326 e. The Balaban J connectivity index is 2.22. The van der Waals surface area contributed by atoms with Gasteiger partial charge in [-0.1, -0.05) is 6.92 Å². The molecule has 2 heterocycles. The lowest BCUT2D eigenvalue weighted by molar-refractivity contribution is -0.139. The minimum Gasteiger partial charge on any atom is -0.480 e. The van der Waals surface area contributed by atoms with E-state index in [0.29, 0.717) is 12.4 Å². The normalized spacial score (nSPS) is 21.9. The number of anilines is 1. The largest absolute Gasteiger partial charge is 0.480 e. The molecule has 0 aromatic carbocycles. The molecule has 108 valence electrons. The molecule has 0 bridgehead atoms. The van der Waals surface area contributed by atoms with Crippen molar-refractivity contribution >= 4 is 17.7 Å². The second kappa shape index (κ2) is 5.44. The molecule has 2 rings (SSSR count). The lowest BCUT2D eigenvalue weighted by Gasteiger charge is -2.23. The van der Waals surface area contributed by atoms with Crippen molar-refractivity contribution in [2.45, 2.75) is 19.4 Å². The molecular weight excluding hydrogens is 260 g/mol. The Labute approximate surface area is 117 Å². The third kappa shape index (κ3) is 2.56. The number of rotatable bonds is 3. The van der Waals surface area contributed by atoms with Gasteiger partial charge in [0.25, 0.3) is 5.91 Å². The molecule has 0 saturated carbocycles. The summed E-state index contributed by atoms with van der Waals surface area (Å²) in [5.74, 6) is -0.520. The van der Waals surface area contributed by atoms with Gasteiger partial charge in [-0.3, -0.25) is 4.79 Å². The predicted molar refractivity (Wildman–Crippen MR) is 72.6 cm³/mol. The highest BCUT2D eigenvalue weighted by Crippen LogP contribution is 2.28. The van der Waals surface area contributed by atoms with E-state index in [2.05, 4.69) is 10.2 Å². The van der Waals surface area contributed by atoms with Gasteiger partial charge in [0, 0.05) is 20.6 Å². The number of amides is 1. The summed E-state index contributed by atoms with van der Waals surface area (Å²) in [4.78, 5) is 26.2. The number of hydrogen-bond donors (Lipinski definition) is 1. The SMILES string of the molecule is CC1CCN(c2ccc(C(=O)N(C)C)nn2)C1C(=O)O. The molecular formula is C13H18N4O3. The van der Waals surface area contributed by atoms with Gasteiger partial charge in [0.1, 0.15) is 6.04 Å². The molecule has 2 atom stereocenters. The van der Waals surface area contributed by atoms with Crippen LogP contribution in [0.5, 0.6) is 0 Å². The van der Waals surface area contributed by atoms with E-state index >= 15 is 0 Å². The summed E-state index contributed by atoms with van der Waals surface area (Å²) >= 11 is 0. The third-order valence-corrected chi connectivity index (χ3v) is 3.52. The molecule has 7 heteroatoms. The molecule has 1 saturated heterocycles. The van der Waals surface area contributed by atoms with Crippen LogP contribution in [0, 0.1) is 5.92 Å². The van der Waals surface area contributed by atoms with Crippen molar-refractivity contribution in [3.05, 3.63) is 17.8 Å². The Morgan fingerprint density at radius 3 is 2.55 bits per heavy atom. The number of carbonyl (C=O) groups is 2. The molecule has 2 unspecified atom stereocenters. The number of hydrogen-bond acceptors (Lipinski definition) is 5. The van der Waals surface area contributed by atoms with Gasteiger partial charge in [0.2, 0.25) is 0 Å². The van der Waals surface area contributed by atoms with Crippen LogP contribution in [0.15, 0.2) is 12.1 Å². The van der Waals surface area contributed by atoms with Gasteiger partial charge in [0.15, 0.2) is 11.5 Å². The van der Waals surface area contributed by atoms with Crippen molar-refractivity contribution < 1.29 is 14.7 Å². The summed E-state index contributed by atoms with van der Waals surface area (Å²) in [6, 6.07) is 2.64. The van der Waals surface area contributed by atoms with E-state index in [1.165, 1.54) is 4.90 Å². The summed E-state index contributed by atoms with van der Waals surface area (Å²) in [5, 5.41) is 17.2. The molecule has 0 spiro atoms. The van der Waals surface area contributed by atoms with Crippen molar-refractivity contribution in [3.8, 4) is 0 Å². The first-order valence-corrected chi connectivity index (χ1v) is 6.46. The van der Waals surface area contributed by atoms with Gasteiger partial charge in [-0.2, -0.15) is 0 Å². The zero-order chi connectivity index (χ0) is 14.9. The summed E-state index contributed by atoms with van der Waals surface area (Å²) < 4.78 is 0. The number of aromatic nitrogens is 2.